The van der Waals surface area contributed by atoms with Gasteiger partial charge in [-0.1, -0.05) is 20.3 Å². The van der Waals surface area contributed by atoms with Crippen LogP contribution in [-0.2, 0) is 17.5 Å². The summed E-state index contributed by atoms with van der Waals surface area (Å²) in [5.74, 6) is 1.02. The summed E-state index contributed by atoms with van der Waals surface area (Å²) >= 11 is 0. The number of pyridine rings is 1. The monoisotopic (exact) mass is 453 g/mol. The highest BCUT2D eigenvalue weighted by molar-refractivity contribution is 5.88. The zero-order valence-corrected chi connectivity index (χ0v) is 18.2. The molecular formula is C22H27F4N5O. The summed E-state index contributed by atoms with van der Waals surface area (Å²) in [6.45, 7) is 7.41. The molecule has 0 aliphatic rings. The van der Waals surface area contributed by atoms with Gasteiger partial charge in [-0.05, 0) is 49.2 Å². The third kappa shape index (κ3) is 8.26. The third-order valence-electron chi connectivity index (χ3n) is 4.67. The Balaban J connectivity index is 0.000000235. The Bertz CT molecular complexity index is 1000. The molecule has 32 heavy (non-hydrogen) atoms. The number of benzene rings is 1. The lowest BCUT2D eigenvalue weighted by atomic mass is 10.1. The number of nitrogens with zero attached hydrogens (tertiary/aromatic N) is 2. The zero-order chi connectivity index (χ0) is 23.7. The molecule has 3 rings (SSSR count). The lowest BCUT2D eigenvalue weighted by molar-refractivity contribution is -0.141. The van der Waals surface area contributed by atoms with Crippen molar-refractivity contribution in [2.75, 3.05) is 11.9 Å². The number of aromatic nitrogens is 3. The molecule has 0 radical (unpaired) electrons. The molecule has 2 heterocycles. The first-order valence-electron chi connectivity index (χ1n) is 10.2. The normalized spacial score (nSPS) is 12.2. The summed E-state index contributed by atoms with van der Waals surface area (Å²) < 4.78 is 49.1. The molecule has 0 bridgehead atoms. The molecule has 1 amide bonds. The van der Waals surface area contributed by atoms with E-state index < -0.39 is 11.9 Å². The van der Waals surface area contributed by atoms with Crippen molar-refractivity contribution >= 4 is 22.6 Å². The van der Waals surface area contributed by atoms with Gasteiger partial charge in [-0.3, -0.25) is 4.79 Å². The van der Waals surface area contributed by atoms with E-state index in [0.717, 1.165) is 47.7 Å². The molecule has 0 aliphatic heterocycles. The van der Waals surface area contributed by atoms with E-state index >= 15 is 0 Å². The van der Waals surface area contributed by atoms with Crippen LogP contribution in [0, 0.1) is 11.7 Å². The number of nitrogens with one attached hydrogen (secondary N) is 3. The van der Waals surface area contributed by atoms with Crippen LogP contribution >= 0.6 is 0 Å². The maximum Gasteiger partial charge on any atom is 0.433 e. The van der Waals surface area contributed by atoms with Gasteiger partial charge in [-0.2, -0.15) is 13.2 Å². The number of carbonyl (C=O) groups is 1. The van der Waals surface area contributed by atoms with E-state index in [1.807, 2.05) is 0 Å². The Morgan fingerprint density at radius 1 is 1.22 bits per heavy atom. The number of imidazole rings is 1. The Morgan fingerprint density at radius 3 is 2.56 bits per heavy atom. The molecule has 0 saturated heterocycles. The fourth-order valence-electron chi connectivity index (χ4n) is 2.72. The first-order chi connectivity index (χ1) is 15.1. The molecule has 174 valence electrons. The van der Waals surface area contributed by atoms with Crippen molar-refractivity contribution in [2.45, 2.75) is 46.3 Å². The second kappa shape index (κ2) is 11.6. The number of halogens is 4. The van der Waals surface area contributed by atoms with Crippen LogP contribution in [0.25, 0.3) is 11.0 Å². The quantitative estimate of drug-likeness (QED) is 0.336. The van der Waals surface area contributed by atoms with Crippen molar-refractivity contribution in [3.05, 3.63) is 53.9 Å². The summed E-state index contributed by atoms with van der Waals surface area (Å²) in [4.78, 5) is 21.2. The Kier molecular flexibility index (Phi) is 9.13. The molecule has 1 aromatic carbocycles. The molecule has 1 unspecified atom stereocenters. The maximum absolute atomic E-state index is 13.0. The molecule has 0 saturated carbocycles. The van der Waals surface area contributed by atoms with Gasteiger partial charge in [-0.15, -0.1) is 0 Å². The standard InChI is InChI=1S/C14H20FN3.C8H7F3N2O/c1-3-10(2)6-7-16-9-14-17-12-5-4-11(15)8-13(12)18-14;1-5(14)13-6-2-3-7(12-4-6)8(9,10)11/h4-5,8,10,16H,3,6-7,9H2,1-2H3,(H,17,18);2-4H,1H3,(H,13,14). The summed E-state index contributed by atoms with van der Waals surface area (Å²) in [6.07, 6.45) is -1.10. The van der Waals surface area contributed by atoms with Crippen LogP contribution < -0.4 is 10.6 Å². The molecule has 3 aromatic rings. The summed E-state index contributed by atoms with van der Waals surface area (Å²) in [6, 6.07) is 6.57. The van der Waals surface area contributed by atoms with Gasteiger partial charge in [0.05, 0.1) is 29.5 Å². The second-order valence-corrected chi connectivity index (χ2v) is 7.43. The van der Waals surface area contributed by atoms with E-state index in [1.54, 1.807) is 6.07 Å². The lowest BCUT2D eigenvalue weighted by Crippen LogP contribution is -2.17. The minimum Gasteiger partial charge on any atom is -0.341 e. The molecular weight excluding hydrogens is 426 g/mol. The van der Waals surface area contributed by atoms with E-state index in [-0.39, 0.29) is 17.4 Å². The van der Waals surface area contributed by atoms with Gasteiger partial charge >= 0.3 is 6.18 Å². The Labute approximate surface area is 183 Å². The smallest absolute Gasteiger partial charge is 0.341 e. The lowest BCUT2D eigenvalue weighted by Gasteiger charge is -2.07. The van der Waals surface area contributed by atoms with E-state index in [2.05, 4.69) is 39.4 Å². The van der Waals surface area contributed by atoms with Crippen LogP contribution in [0.5, 0.6) is 0 Å². The topological polar surface area (TPSA) is 82.7 Å². The average molecular weight is 453 g/mol. The largest absolute Gasteiger partial charge is 0.433 e. The van der Waals surface area contributed by atoms with Gasteiger partial charge in [-0.25, -0.2) is 14.4 Å². The third-order valence-corrected chi connectivity index (χ3v) is 4.67. The summed E-state index contributed by atoms with van der Waals surface area (Å²) in [5, 5.41) is 5.67. The number of hydrogen-bond acceptors (Lipinski definition) is 4. The number of fused-ring (bicyclic) bond motifs is 1. The minimum atomic E-state index is -4.45. The molecule has 0 fully saturated rings. The van der Waals surface area contributed by atoms with Crippen molar-refractivity contribution in [1.29, 1.82) is 0 Å². The van der Waals surface area contributed by atoms with E-state index in [9.17, 15) is 22.4 Å². The van der Waals surface area contributed by atoms with Gasteiger partial charge in [0.1, 0.15) is 17.3 Å². The Hall–Kier alpha value is -3.01. The van der Waals surface area contributed by atoms with Crippen molar-refractivity contribution in [2.24, 2.45) is 5.92 Å². The number of anilines is 1. The van der Waals surface area contributed by atoms with Gasteiger partial charge in [0.2, 0.25) is 5.91 Å². The molecule has 0 spiro atoms. The Morgan fingerprint density at radius 2 is 1.97 bits per heavy atom. The maximum atomic E-state index is 13.0. The highest BCUT2D eigenvalue weighted by Crippen LogP contribution is 2.27. The van der Waals surface area contributed by atoms with Crippen LogP contribution in [0.15, 0.2) is 36.5 Å². The molecule has 6 nitrogen and oxygen atoms in total. The number of alkyl halides is 3. The van der Waals surface area contributed by atoms with E-state index in [1.165, 1.54) is 31.9 Å². The number of hydrogen-bond donors (Lipinski definition) is 3. The van der Waals surface area contributed by atoms with Crippen molar-refractivity contribution in [1.82, 2.24) is 20.3 Å². The highest BCUT2D eigenvalue weighted by atomic mass is 19.4. The van der Waals surface area contributed by atoms with Gasteiger partial charge < -0.3 is 15.6 Å². The predicted molar refractivity (Wildman–Crippen MR) is 115 cm³/mol. The number of carbonyl (C=O) groups excluding carboxylic acids is 1. The second-order valence-electron chi connectivity index (χ2n) is 7.43. The molecule has 1 atom stereocenters. The van der Waals surface area contributed by atoms with E-state index in [4.69, 9.17) is 0 Å². The number of rotatable bonds is 7. The molecule has 10 heteroatoms. The number of aromatic amines is 1. The number of H-pyrrole nitrogens is 1. The van der Waals surface area contributed by atoms with Crippen molar-refractivity contribution in [3.8, 4) is 0 Å². The fourth-order valence-corrected chi connectivity index (χ4v) is 2.72. The number of amides is 1. The van der Waals surface area contributed by atoms with Gasteiger partial charge in [0.15, 0.2) is 0 Å². The van der Waals surface area contributed by atoms with Crippen LogP contribution in [0.1, 0.15) is 45.1 Å². The fraction of sp³-hybridized carbons (Fsp3) is 0.409. The first kappa shape index (κ1) is 25.3. The average Bonchev–Trinajstić information content (AvgIpc) is 3.12. The summed E-state index contributed by atoms with van der Waals surface area (Å²) in [7, 11) is 0. The van der Waals surface area contributed by atoms with E-state index in [0.29, 0.717) is 6.54 Å². The SMILES string of the molecule is CC(=O)Nc1ccc(C(F)(F)F)nc1.CCC(C)CCNCc1nc2ccc(F)cc2[nH]1. The van der Waals surface area contributed by atoms with Crippen LogP contribution in [0.2, 0.25) is 0 Å². The van der Waals surface area contributed by atoms with Gasteiger partial charge in [0, 0.05) is 6.92 Å². The first-order valence-corrected chi connectivity index (χ1v) is 10.2. The summed E-state index contributed by atoms with van der Waals surface area (Å²) in [5.41, 5.74) is 0.834. The predicted octanol–water partition coefficient (Wildman–Crippen LogP) is 5.29. The highest BCUT2D eigenvalue weighted by Gasteiger charge is 2.32. The molecule has 2 aromatic heterocycles. The van der Waals surface area contributed by atoms with Crippen LogP contribution in [-0.4, -0.2) is 27.4 Å². The van der Waals surface area contributed by atoms with Crippen molar-refractivity contribution < 1.29 is 22.4 Å². The van der Waals surface area contributed by atoms with Crippen molar-refractivity contribution in [3.63, 3.8) is 0 Å². The van der Waals surface area contributed by atoms with Crippen LogP contribution in [0.4, 0.5) is 23.2 Å². The molecule has 3 N–H and O–H groups in total. The van der Waals surface area contributed by atoms with Crippen LogP contribution in [0.3, 0.4) is 0 Å². The van der Waals surface area contributed by atoms with Gasteiger partial charge in [0.25, 0.3) is 0 Å². The zero-order valence-electron chi connectivity index (χ0n) is 18.2. The molecule has 0 aliphatic carbocycles. The minimum absolute atomic E-state index is 0.234.